The highest BCUT2D eigenvalue weighted by Crippen LogP contribution is 2.40. The second-order valence-corrected chi connectivity index (χ2v) is 4.80. The van der Waals surface area contributed by atoms with E-state index in [9.17, 15) is 5.11 Å². The molecule has 1 aliphatic rings. The predicted molar refractivity (Wildman–Crippen MR) is 64.3 cm³/mol. The number of rotatable bonds is 2. The van der Waals surface area contributed by atoms with Crippen LogP contribution in [0, 0.1) is 6.92 Å². The number of hydrogen-bond acceptors (Lipinski definition) is 2. The van der Waals surface area contributed by atoms with Crippen molar-refractivity contribution in [1.29, 1.82) is 0 Å². The van der Waals surface area contributed by atoms with Crippen LogP contribution < -0.4 is 0 Å². The van der Waals surface area contributed by atoms with Crippen molar-refractivity contribution >= 4 is 0 Å². The Kier molecular flexibility index (Phi) is 3.31. The van der Waals surface area contributed by atoms with E-state index in [2.05, 4.69) is 31.2 Å². The lowest BCUT2D eigenvalue weighted by atomic mass is 9.78. The fourth-order valence-electron chi connectivity index (χ4n) is 2.54. The van der Waals surface area contributed by atoms with Gasteiger partial charge in [0.05, 0.1) is 11.7 Å². The molecule has 1 fully saturated rings. The van der Waals surface area contributed by atoms with E-state index in [1.807, 2.05) is 0 Å². The quantitative estimate of drug-likeness (QED) is 0.830. The second-order valence-electron chi connectivity index (χ2n) is 4.80. The van der Waals surface area contributed by atoms with Gasteiger partial charge in [0.1, 0.15) is 0 Å². The number of hydrogen-bond donors (Lipinski definition) is 1. The molecule has 2 rings (SSSR count). The number of aliphatic hydroxyl groups is 1. The van der Waals surface area contributed by atoms with E-state index in [1.165, 1.54) is 11.1 Å². The van der Waals surface area contributed by atoms with Crippen LogP contribution >= 0.6 is 0 Å². The van der Waals surface area contributed by atoms with Gasteiger partial charge in [-0.15, -0.1) is 0 Å². The van der Waals surface area contributed by atoms with Crippen LogP contribution in [0.25, 0.3) is 0 Å². The van der Waals surface area contributed by atoms with Gasteiger partial charge in [0.15, 0.2) is 0 Å². The molecule has 1 aliphatic carbocycles. The van der Waals surface area contributed by atoms with Crippen molar-refractivity contribution in [3.8, 4) is 0 Å². The standard InChI is InChI=1S/C14H20O2/c1-11-3-5-12(6-4-11)14(16-2)9-7-13(15)8-10-14/h3-6,13,15H,7-10H2,1-2H3/t13-,14+. The first-order valence-electron chi connectivity index (χ1n) is 5.97. The van der Waals surface area contributed by atoms with Gasteiger partial charge in [-0.3, -0.25) is 0 Å². The number of ether oxygens (including phenoxy) is 1. The van der Waals surface area contributed by atoms with Crippen molar-refractivity contribution in [2.45, 2.75) is 44.3 Å². The maximum atomic E-state index is 9.57. The molecule has 0 aliphatic heterocycles. The first-order valence-corrected chi connectivity index (χ1v) is 5.97. The molecule has 0 unspecified atom stereocenters. The summed E-state index contributed by atoms with van der Waals surface area (Å²) in [6.45, 7) is 2.09. The molecule has 2 nitrogen and oxygen atoms in total. The summed E-state index contributed by atoms with van der Waals surface area (Å²) in [5, 5.41) is 9.57. The number of methoxy groups -OCH3 is 1. The van der Waals surface area contributed by atoms with Crippen LogP contribution in [-0.2, 0) is 10.3 Å². The largest absolute Gasteiger partial charge is 0.393 e. The van der Waals surface area contributed by atoms with E-state index in [0.717, 1.165) is 25.7 Å². The van der Waals surface area contributed by atoms with Gasteiger partial charge in [-0.05, 0) is 38.2 Å². The highest BCUT2D eigenvalue weighted by Gasteiger charge is 2.36. The fraction of sp³-hybridized carbons (Fsp3) is 0.571. The number of benzene rings is 1. The molecule has 0 spiro atoms. The lowest BCUT2D eigenvalue weighted by Gasteiger charge is -2.38. The first-order chi connectivity index (χ1) is 7.66. The molecule has 1 saturated carbocycles. The van der Waals surface area contributed by atoms with Crippen molar-refractivity contribution < 1.29 is 9.84 Å². The molecule has 1 aromatic rings. The fourth-order valence-corrected chi connectivity index (χ4v) is 2.54. The lowest BCUT2D eigenvalue weighted by Crippen LogP contribution is -2.35. The van der Waals surface area contributed by atoms with Crippen LogP contribution in [0.1, 0.15) is 36.8 Å². The molecule has 0 radical (unpaired) electrons. The molecule has 2 heteroatoms. The molecule has 88 valence electrons. The molecule has 0 saturated heterocycles. The van der Waals surface area contributed by atoms with Gasteiger partial charge < -0.3 is 9.84 Å². The number of aryl methyl sites for hydroxylation is 1. The van der Waals surface area contributed by atoms with Gasteiger partial charge in [-0.1, -0.05) is 29.8 Å². The minimum Gasteiger partial charge on any atom is -0.393 e. The van der Waals surface area contributed by atoms with Crippen molar-refractivity contribution in [1.82, 2.24) is 0 Å². The molecule has 0 atom stereocenters. The van der Waals surface area contributed by atoms with Crippen LogP contribution in [0.2, 0.25) is 0 Å². The Hall–Kier alpha value is -0.860. The van der Waals surface area contributed by atoms with Gasteiger partial charge in [-0.2, -0.15) is 0 Å². The molecule has 0 aromatic heterocycles. The van der Waals surface area contributed by atoms with E-state index in [1.54, 1.807) is 7.11 Å². The third-order valence-corrected chi connectivity index (χ3v) is 3.73. The van der Waals surface area contributed by atoms with Gasteiger partial charge in [0, 0.05) is 7.11 Å². The Morgan fingerprint density at radius 1 is 1.19 bits per heavy atom. The maximum absolute atomic E-state index is 9.57. The summed E-state index contributed by atoms with van der Waals surface area (Å²) in [7, 11) is 1.78. The predicted octanol–water partition coefficient (Wildman–Crippen LogP) is 2.77. The topological polar surface area (TPSA) is 29.5 Å². The molecule has 0 heterocycles. The minimum atomic E-state index is -0.174. The van der Waals surface area contributed by atoms with Crippen LogP contribution in [0.4, 0.5) is 0 Å². The van der Waals surface area contributed by atoms with Gasteiger partial charge >= 0.3 is 0 Å². The Morgan fingerprint density at radius 3 is 2.25 bits per heavy atom. The highest BCUT2D eigenvalue weighted by atomic mass is 16.5. The summed E-state index contributed by atoms with van der Waals surface area (Å²) in [6.07, 6.45) is 3.35. The summed E-state index contributed by atoms with van der Waals surface area (Å²) in [6, 6.07) is 8.55. The van der Waals surface area contributed by atoms with E-state index in [0.29, 0.717) is 0 Å². The zero-order valence-electron chi connectivity index (χ0n) is 10.1. The Balaban J connectivity index is 2.24. The summed E-state index contributed by atoms with van der Waals surface area (Å²) in [5.41, 5.74) is 2.34. The molecule has 1 N–H and O–H groups in total. The van der Waals surface area contributed by atoms with E-state index in [-0.39, 0.29) is 11.7 Å². The maximum Gasteiger partial charge on any atom is 0.0929 e. The smallest absolute Gasteiger partial charge is 0.0929 e. The molecule has 1 aromatic carbocycles. The van der Waals surface area contributed by atoms with Gasteiger partial charge in [-0.25, -0.2) is 0 Å². The van der Waals surface area contributed by atoms with Crippen LogP contribution in [0.5, 0.6) is 0 Å². The van der Waals surface area contributed by atoms with E-state index in [4.69, 9.17) is 4.74 Å². The summed E-state index contributed by atoms with van der Waals surface area (Å²) >= 11 is 0. The van der Waals surface area contributed by atoms with Gasteiger partial charge in [0.2, 0.25) is 0 Å². The number of aliphatic hydroxyl groups excluding tert-OH is 1. The monoisotopic (exact) mass is 220 g/mol. The Labute approximate surface area is 97.3 Å². The van der Waals surface area contributed by atoms with E-state index < -0.39 is 0 Å². The first kappa shape index (κ1) is 11.6. The Morgan fingerprint density at radius 2 is 1.75 bits per heavy atom. The average Bonchev–Trinajstić information content (AvgIpc) is 2.32. The van der Waals surface area contributed by atoms with Crippen molar-refractivity contribution in [2.24, 2.45) is 0 Å². The van der Waals surface area contributed by atoms with Crippen LogP contribution in [0.3, 0.4) is 0 Å². The normalized spacial score (nSPS) is 30.3. The summed E-state index contributed by atoms with van der Waals surface area (Å²) in [4.78, 5) is 0. The average molecular weight is 220 g/mol. The lowest BCUT2D eigenvalue weighted by molar-refractivity contribution is -0.0689. The van der Waals surface area contributed by atoms with Crippen LogP contribution in [0.15, 0.2) is 24.3 Å². The zero-order chi connectivity index (χ0) is 11.6. The molecule has 0 amide bonds. The van der Waals surface area contributed by atoms with Gasteiger partial charge in [0.25, 0.3) is 0 Å². The van der Waals surface area contributed by atoms with Crippen molar-refractivity contribution in [3.63, 3.8) is 0 Å². The summed E-state index contributed by atoms with van der Waals surface area (Å²) in [5.74, 6) is 0. The van der Waals surface area contributed by atoms with E-state index >= 15 is 0 Å². The SMILES string of the molecule is CO[C@]1(c2ccc(C)cc2)CC[C@H](O)CC1. The van der Waals surface area contributed by atoms with Crippen molar-refractivity contribution in [2.75, 3.05) is 7.11 Å². The summed E-state index contributed by atoms with van der Waals surface area (Å²) < 4.78 is 5.74. The van der Waals surface area contributed by atoms with Crippen molar-refractivity contribution in [3.05, 3.63) is 35.4 Å². The third-order valence-electron chi connectivity index (χ3n) is 3.73. The highest BCUT2D eigenvalue weighted by molar-refractivity contribution is 5.27. The molecule has 16 heavy (non-hydrogen) atoms. The minimum absolute atomic E-state index is 0.145. The Bertz CT molecular complexity index is 334. The third kappa shape index (κ3) is 2.13. The van der Waals surface area contributed by atoms with Crippen LogP contribution in [-0.4, -0.2) is 18.3 Å². The zero-order valence-corrected chi connectivity index (χ0v) is 10.1. The molecular formula is C14H20O2. The second kappa shape index (κ2) is 4.56. The molecular weight excluding hydrogens is 200 g/mol. The molecule has 0 bridgehead atoms.